The lowest BCUT2D eigenvalue weighted by Crippen LogP contribution is -2.27. The number of nitrogens with zero attached hydrogens (tertiary/aromatic N) is 3. The number of rotatable bonds is 5. The van der Waals surface area contributed by atoms with Crippen LogP contribution in [0.1, 0.15) is 26.5 Å². The molecule has 0 unspecified atom stereocenters. The molecule has 8 nitrogen and oxygen atoms in total. The molecule has 2 rings (SSSR count). The molecule has 2 aromatic heterocycles. The van der Waals surface area contributed by atoms with E-state index in [9.17, 15) is 9.59 Å². The minimum absolute atomic E-state index is 0.0654. The standard InChI is InChI=1S/C11H10N4O4/c16-10(13-4-2-9-14-6-19-15-9)7-1-3-12-5-8(7)11(17)18/h1,3,5-6H,2,4H2,(H,13,16)(H,17,18). The lowest BCUT2D eigenvalue weighted by atomic mass is 10.1. The van der Waals surface area contributed by atoms with Crippen LogP contribution in [0.2, 0.25) is 0 Å². The normalized spacial score (nSPS) is 10.1. The summed E-state index contributed by atoms with van der Waals surface area (Å²) < 4.78 is 4.55. The first-order chi connectivity index (χ1) is 9.18. The van der Waals surface area contributed by atoms with Gasteiger partial charge < -0.3 is 14.9 Å². The highest BCUT2D eigenvalue weighted by atomic mass is 16.5. The summed E-state index contributed by atoms with van der Waals surface area (Å²) in [5, 5.41) is 15.1. The third-order valence-corrected chi connectivity index (χ3v) is 2.34. The average Bonchev–Trinajstić information content (AvgIpc) is 2.91. The van der Waals surface area contributed by atoms with Crippen LogP contribution < -0.4 is 5.32 Å². The summed E-state index contributed by atoms with van der Waals surface area (Å²) in [5.41, 5.74) is -0.0739. The Balaban J connectivity index is 1.98. The van der Waals surface area contributed by atoms with Gasteiger partial charge in [0, 0.05) is 25.4 Å². The van der Waals surface area contributed by atoms with Gasteiger partial charge in [0.15, 0.2) is 5.82 Å². The second kappa shape index (κ2) is 5.71. The molecule has 98 valence electrons. The van der Waals surface area contributed by atoms with Crippen LogP contribution in [0.5, 0.6) is 0 Å². The molecule has 2 aromatic rings. The number of nitrogens with one attached hydrogen (secondary N) is 1. The molecule has 8 heteroatoms. The minimum Gasteiger partial charge on any atom is -0.478 e. The Hall–Kier alpha value is -2.77. The van der Waals surface area contributed by atoms with E-state index in [1.807, 2.05) is 0 Å². The molecular formula is C11H10N4O4. The number of aromatic nitrogens is 3. The fourth-order valence-corrected chi connectivity index (χ4v) is 1.45. The summed E-state index contributed by atoms with van der Waals surface area (Å²) in [4.78, 5) is 30.2. The molecule has 0 fully saturated rings. The van der Waals surface area contributed by atoms with Gasteiger partial charge in [-0.2, -0.15) is 4.98 Å². The van der Waals surface area contributed by atoms with Crippen molar-refractivity contribution in [1.29, 1.82) is 0 Å². The van der Waals surface area contributed by atoms with Crippen LogP contribution in [-0.2, 0) is 6.42 Å². The van der Waals surface area contributed by atoms with Crippen LogP contribution in [0.25, 0.3) is 0 Å². The van der Waals surface area contributed by atoms with Crippen LogP contribution in [0.3, 0.4) is 0 Å². The Morgan fingerprint density at radius 1 is 1.37 bits per heavy atom. The van der Waals surface area contributed by atoms with E-state index in [0.717, 1.165) is 6.20 Å². The third-order valence-electron chi connectivity index (χ3n) is 2.34. The topological polar surface area (TPSA) is 118 Å². The quantitative estimate of drug-likeness (QED) is 0.786. The number of pyridine rings is 1. The molecule has 0 spiro atoms. The molecule has 0 saturated heterocycles. The lowest BCUT2D eigenvalue weighted by Gasteiger charge is -2.05. The molecular weight excluding hydrogens is 252 g/mol. The number of hydrogen-bond acceptors (Lipinski definition) is 6. The van der Waals surface area contributed by atoms with E-state index in [0.29, 0.717) is 12.2 Å². The van der Waals surface area contributed by atoms with Crippen molar-refractivity contribution in [3.05, 3.63) is 41.8 Å². The molecule has 0 aliphatic rings. The number of carboxylic acid groups (broad SMARTS) is 1. The molecule has 2 N–H and O–H groups in total. The largest absolute Gasteiger partial charge is 0.478 e. The van der Waals surface area contributed by atoms with Crippen molar-refractivity contribution in [3.8, 4) is 0 Å². The van der Waals surface area contributed by atoms with Gasteiger partial charge in [-0.15, -0.1) is 0 Å². The van der Waals surface area contributed by atoms with Crippen LogP contribution in [0.4, 0.5) is 0 Å². The summed E-state index contributed by atoms with van der Waals surface area (Å²) in [5.74, 6) is -1.21. The van der Waals surface area contributed by atoms with Gasteiger partial charge in [0.05, 0.1) is 11.1 Å². The van der Waals surface area contributed by atoms with E-state index in [-0.39, 0.29) is 17.7 Å². The van der Waals surface area contributed by atoms with Crippen molar-refractivity contribution >= 4 is 11.9 Å². The first-order valence-electron chi connectivity index (χ1n) is 5.39. The fraction of sp³-hybridized carbons (Fsp3) is 0.182. The zero-order valence-corrected chi connectivity index (χ0v) is 9.74. The Labute approximate surface area is 107 Å². The number of carbonyl (C=O) groups excluding carboxylic acids is 1. The van der Waals surface area contributed by atoms with Crippen LogP contribution in [-0.4, -0.2) is 38.7 Å². The monoisotopic (exact) mass is 262 g/mol. The van der Waals surface area contributed by atoms with Crippen LogP contribution in [0.15, 0.2) is 29.4 Å². The maximum absolute atomic E-state index is 11.8. The molecule has 0 aliphatic carbocycles. The molecule has 0 aliphatic heterocycles. The molecule has 0 bridgehead atoms. The van der Waals surface area contributed by atoms with Crippen molar-refractivity contribution in [1.82, 2.24) is 20.4 Å². The Bertz CT molecular complexity index is 582. The number of amides is 1. The Morgan fingerprint density at radius 2 is 2.21 bits per heavy atom. The predicted molar refractivity (Wildman–Crippen MR) is 61.5 cm³/mol. The van der Waals surface area contributed by atoms with Crippen molar-refractivity contribution in [2.24, 2.45) is 0 Å². The van der Waals surface area contributed by atoms with Crippen molar-refractivity contribution in [2.75, 3.05) is 6.54 Å². The molecule has 1 amide bonds. The highest BCUT2D eigenvalue weighted by molar-refractivity contribution is 6.04. The third kappa shape index (κ3) is 3.12. The van der Waals surface area contributed by atoms with E-state index < -0.39 is 11.9 Å². The Morgan fingerprint density at radius 3 is 2.89 bits per heavy atom. The number of aromatic carboxylic acids is 1. The highest BCUT2D eigenvalue weighted by Crippen LogP contribution is 2.06. The molecule has 2 heterocycles. The number of carboxylic acids is 1. The second-order valence-electron chi connectivity index (χ2n) is 3.58. The highest BCUT2D eigenvalue weighted by Gasteiger charge is 2.16. The first-order valence-corrected chi connectivity index (χ1v) is 5.39. The van der Waals surface area contributed by atoms with Crippen LogP contribution in [0, 0.1) is 0 Å². The van der Waals surface area contributed by atoms with Crippen molar-refractivity contribution in [2.45, 2.75) is 6.42 Å². The number of hydrogen-bond donors (Lipinski definition) is 2. The van der Waals surface area contributed by atoms with Crippen LogP contribution >= 0.6 is 0 Å². The van der Waals surface area contributed by atoms with Gasteiger partial charge in [0.25, 0.3) is 5.91 Å². The van der Waals surface area contributed by atoms with Gasteiger partial charge in [0.2, 0.25) is 6.39 Å². The van der Waals surface area contributed by atoms with Crippen molar-refractivity contribution in [3.63, 3.8) is 0 Å². The predicted octanol–water partition coefficient (Wildman–Crippen LogP) is 0.135. The summed E-state index contributed by atoms with van der Waals surface area (Å²) >= 11 is 0. The van der Waals surface area contributed by atoms with Gasteiger partial charge >= 0.3 is 5.97 Å². The summed E-state index contributed by atoms with van der Waals surface area (Å²) in [6, 6.07) is 1.35. The van der Waals surface area contributed by atoms with Crippen molar-refractivity contribution < 1.29 is 19.2 Å². The maximum atomic E-state index is 11.8. The van der Waals surface area contributed by atoms with Gasteiger partial charge in [-0.25, -0.2) is 4.79 Å². The summed E-state index contributed by atoms with van der Waals surface area (Å²) in [6.07, 6.45) is 4.09. The van der Waals surface area contributed by atoms with E-state index in [4.69, 9.17) is 5.11 Å². The minimum atomic E-state index is -1.20. The molecule has 0 radical (unpaired) electrons. The smallest absolute Gasteiger partial charge is 0.338 e. The van der Waals surface area contributed by atoms with Gasteiger partial charge in [0.1, 0.15) is 0 Å². The Kier molecular flexibility index (Phi) is 3.81. The SMILES string of the molecule is O=C(O)c1cnccc1C(=O)NCCc1ncon1. The average molecular weight is 262 g/mol. The molecule has 19 heavy (non-hydrogen) atoms. The van der Waals surface area contributed by atoms with Gasteiger partial charge in [-0.1, -0.05) is 5.16 Å². The maximum Gasteiger partial charge on any atom is 0.338 e. The van der Waals surface area contributed by atoms with E-state index in [2.05, 4.69) is 25.0 Å². The van der Waals surface area contributed by atoms with Gasteiger partial charge in [-0.05, 0) is 6.07 Å². The summed E-state index contributed by atoms with van der Waals surface area (Å²) in [7, 11) is 0. The second-order valence-corrected chi connectivity index (χ2v) is 3.58. The molecule has 0 atom stereocenters. The molecule has 0 saturated carbocycles. The summed E-state index contributed by atoms with van der Waals surface area (Å²) in [6.45, 7) is 0.278. The zero-order valence-electron chi connectivity index (χ0n) is 9.74. The van der Waals surface area contributed by atoms with E-state index in [1.54, 1.807) is 0 Å². The molecule has 0 aromatic carbocycles. The van der Waals surface area contributed by atoms with E-state index >= 15 is 0 Å². The van der Waals surface area contributed by atoms with E-state index in [1.165, 1.54) is 18.7 Å². The van der Waals surface area contributed by atoms with Gasteiger partial charge in [-0.3, -0.25) is 9.78 Å². The fourth-order valence-electron chi connectivity index (χ4n) is 1.45. The zero-order chi connectivity index (χ0) is 13.7. The number of carbonyl (C=O) groups is 2. The first kappa shape index (κ1) is 12.7. The lowest BCUT2D eigenvalue weighted by molar-refractivity contribution is 0.0690.